The first-order valence-corrected chi connectivity index (χ1v) is 7.95. The number of morpholine rings is 1. The maximum Gasteiger partial charge on any atom is 0.0718 e. The smallest absolute Gasteiger partial charge is 0.0718 e. The van der Waals surface area contributed by atoms with Crippen LogP contribution in [0.4, 0.5) is 5.69 Å². The lowest BCUT2D eigenvalue weighted by Crippen LogP contribution is -2.36. The van der Waals surface area contributed by atoms with Gasteiger partial charge in [-0.2, -0.15) is 0 Å². The molecule has 20 heavy (non-hydrogen) atoms. The van der Waals surface area contributed by atoms with Crippen LogP contribution in [-0.4, -0.2) is 42.8 Å². The zero-order valence-corrected chi connectivity index (χ0v) is 12.5. The second-order valence-electron chi connectivity index (χ2n) is 6.73. The Morgan fingerprint density at radius 3 is 2.95 bits per heavy atom. The van der Waals surface area contributed by atoms with Gasteiger partial charge in [0, 0.05) is 37.4 Å². The largest absolute Gasteiger partial charge is 0.375 e. The van der Waals surface area contributed by atoms with Gasteiger partial charge in [0.05, 0.1) is 12.7 Å². The van der Waals surface area contributed by atoms with E-state index in [4.69, 9.17) is 4.74 Å². The molecule has 2 fully saturated rings. The molecule has 1 aromatic rings. The van der Waals surface area contributed by atoms with Crippen LogP contribution < -0.4 is 4.90 Å². The van der Waals surface area contributed by atoms with E-state index in [0.29, 0.717) is 18.2 Å². The number of nitrogens with zero attached hydrogens (tertiary/aromatic N) is 2. The molecule has 3 aliphatic heterocycles. The fourth-order valence-corrected chi connectivity index (χ4v) is 4.11. The predicted molar refractivity (Wildman–Crippen MR) is 81.2 cm³/mol. The van der Waals surface area contributed by atoms with Gasteiger partial charge in [-0.25, -0.2) is 0 Å². The average molecular weight is 272 g/mol. The summed E-state index contributed by atoms with van der Waals surface area (Å²) < 4.78 is 5.71. The number of hydrogen-bond donors (Lipinski definition) is 0. The molecule has 2 atom stereocenters. The molecule has 1 aromatic carbocycles. The minimum Gasteiger partial charge on any atom is -0.375 e. The second-order valence-corrected chi connectivity index (χ2v) is 6.73. The van der Waals surface area contributed by atoms with Gasteiger partial charge in [-0.1, -0.05) is 12.1 Å². The molecule has 4 rings (SSSR count). The lowest BCUT2D eigenvalue weighted by atomic mass is 10.0. The van der Waals surface area contributed by atoms with E-state index in [2.05, 4.69) is 41.8 Å². The van der Waals surface area contributed by atoms with Gasteiger partial charge in [-0.05, 0) is 43.9 Å². The predicted octanol–water partition coefficient (Wildman–Crippen LogP) is 2.43. The summed E-state index contributed by atoms with van der Waals surface area (Å²) in [7, 11) is 0. The van der Waals surface area contributed by atoms with Crippen LogP contribution in [-0.2, 0) is 17.7 Å². The van der Waals surface area contributed by atoms with Crippen molar-refractivity contribution in [1.29, 1.82) is 0 Å². The molecule has 3 heteroatoms. The van der Waals surface area contributed by atoms with E-state index in [1.807, 2.05) is 0 Å². The molecule has 2 bridgehead atoms. The molecule has 0 radical (unpaired) electrons. The fourth-order valence-electron chi connectivity index (χ4n) is 4.11. The van der Waals surface area contributed by atoms with Gasteiger partial charge >= 0.3 is 0 Å². The molecule has 0 saturated carbocycles. The second kappa shape index (κ2) is 4.74. The Kier molecular flexibility index (Phi) is 3.00. The minimum absolute atomic E-state index is 0.504. The van der Waals surface area contributed by atoms with Crippen molar-refractivity contribution in [3.63, 3.8) is 0 Å². The third kappa shape index (κ3) is 1.95. The Bertz CT molecular complexity index is 514. The highest BCUT2D eigenvalue weighted by molar-refractivity contribution is 5.61. The topological polar surface area (TPSA) is 15.7 Å². The molecule has 3 aliphatic rings. The lowest BCUT2D eigenvalue weighted by Gasteiger charge is -2.28. The number of ether oxygens (including phenoxy) is 1. The summed E-state index contributed by atoms with van der Waals surface area (Å²) in [5.74, 6) is 0. The van der Waals surface area contributed by atoms with Crippen LogP contribution in [0.3, 0.4) is 0 Å². The number of likely N-dealkylation sites (tertiary alicyclic amines) is 1. The first-order valence-electron chi connectivity index (χ1n) is 7.95. The SMILES string of the molecule is CC(C)N1CCc2c(CN3C[C@@H]4CC3CO4)cccc21. The molecular weight excluding hydrogens is 248 g/mol. The van der Waals surface area contributed by atoms with Crippen molar-refractivity contribution in [3.05, 3.63) is 29.3 Å². The highest BCUT2D eigenvalue weighted by atomic mass is 16.5. The van der Waals surface area contributed by atoms with Gasteiger partial charge in [0.15, 0.2) is 0 Å². The molecule has 0 aromatic heterocycles. The van der Waals surface area contributed by atoms with Crippen molar-refractivity contribution in [1.82, 2.24) is 4.90 Å². The van der Waals surface area contributed by atoms with Crippen LogP contribution in [0, 0.1) is 0 Å². The number of rotatable bonds is 3. The molecule has 3 heterocycles. The summed E-state index contributed by atoms with van der Waals surface area (Å²) in [6, 6.07) is 8.13. The van der Waals surface area contributed by atoms with Gasteiger partial charge in [-0.15, -0.1) is 0 Å². The Morgan fingerprint density at radius 2 is 2.25 bits per heavy atom. The monoisotopic (exact) mass is 272 g/mol. The van der Waals surface area contributed by atoms with Crippen LogP contribution in [0.1, 0.15) is 31.4 Å². The number of hydrogen-bond acceptors (Lipinski definition) is 3. The molecule has 1 unspecified atom stereocenters. The van der Waals surface area contributed by atoms with Crippen molar-refractivity contribution in [2.45, 2.75) is 51.4 Å². The summed E-state index contributed by atoms with van der Waals surface area (Å²) in [5.41, 5.74) is 4.60. The standard InChI is InChI=1S/C17H24N2O/c1-12(2)19-7-6-16-13(4-3-5-17(16)19)9-18-10-15-8-14(18)11-20-15/h3-5,12,14-15H,6-11H2,1-2H3/t14?,15-/m0/s1. The molecule has 0 spiro atoms. The summed E-state index contributed by atoms with van der Waals surface area (Å²) >= 11 is 0. The van der Waals surface area contributed by atoms with E-state index in [9.17, 15) is 0 Å². The quantitative estimate of drug-likeness (QED) is 0.840. The van der Waals surface area contributed by atoms with E-state index in [-0.39, 0.29) is 0 Å². The third-order valence-corrected chi connectivity index (χ3v) is 5.17. The Balaban J connectivity index is 1.58. The molecule has 3 nitrogen and oxygen atoms in total. The molecule has 0 amide bonds. The maximum absolute atomic E-state index is 5.71. The fraction of sp³-hybridized carbons (Fsp3) is 0.647. The number of benzene rings is 1. The lowest BCUT2D eigenvalue weighted by molar-refractivity contribution is 0.0272. The molecule has 2 saturated heterocycles. The van der Waals surface area contributed by atoms with Crippen LogP contribution >= 0.6 is 0 Å². The van der Waals surface area contributed by atoms with E-state index in [1.54, 1.807) is 11.1 Å². The number of fused-ring (bicyclic) bond motifs is 3. The first kappa shape index (κ1) is 12.7. The van der Waals surface area contributed by atoms with Gasteiger partial charge in [0.25, 0.3) is 0 Å². The summed E-state index contributed by atoms with van der Waals surface area (Å²) in [6.07, 6.45) is 2.96. The van der Waals surface area contributed by atoms with Gasteiger partial charge < -0.3 is 9.64 Å². The summed E-state index contributed by atoms with van der Waals surface area (Å²) in [4.78, 5) is 5.17. The van der Waals surface area contributed by atoms with E-state index >= 15 is 0 Å². The van der Waals surface area contributed by atoms with E-state index < -0.39 is 0 Å². The van der Waals surface area contributed by atoms with Crippen molar-refractivity contribution in [2.75, 3.05) is 24.6 Å². The molecule has 0 N–H and O–H groups in total. The van der Waals surface area contributed by atoms with Crippen LogP contribution in [0.15, 0.2) is 18.2 Å². The van der Waals surface area contributed by atoms with Crippen molar-refractivity contribution in [2.24, 2.45) is 0 Å². The van der Waals surface area contributed by atoms with Crippen molar-refractivity contribution < 1.29 is 4.74 Å². The first-order chi connectivity index (χ1) is 9.72. The molecular formula is C17H24N2O. The Morgan fingerprint density at radius 1 is 1.35 bits per heavy atom. The zero-order chi connectivity index (χ0) is 13.7. The van der Waals surface area contributed by atoms with Gasteiger partial charge in [0.1, 0.15) is 0 Å². The highest BCUT2D eigenvalue weighted by Crippen LogP contribution is 2.35. The maximum atomic E-state index is 5.71. The van der Waals surface area contributed by atoms with Crippen LogP contribution in [0.2, 0.25) is 0 Å². The number of anilines is 1. The molecule has 108 valence electrons. The van der Waals surface area contributed by atoms with Crippen molar-refractivity contribution in [3.8, 4) is 0 Å². The van der Waals surface area contributed by atoms with Gasteiger partial charge in [0.2, 0.25) is 0 Å². The summed E-state index contributed by atoms with van der Waals surface area (Å²) in [6.45, 7) is 8.94. The van der Waals surface area contributed by atoms with E-state index in [0.717, 1.165) is 19.7 Å². The zero-order valence-electron chi connectivity index (χ0n) is 12.5. The third-order valence-electron chi connectivity index (χ3n) is 5.17. The Labute approximate surface area is 121 Å². The normalized spacial score (nSPS) is 28.6. The molecule has 0 aliphatic carbocycles. The minimum atomic E-state index is 0.504. The van der Waals surface area contributed by atoms with E-state index in [1.165, 1.54) is 25.1 Å². The highest BCUT2D eigenvalue weighted by Gasteiger charge is 2.39. The van der Waals surface area contributed by atoms with Crippen LogP contribution in [0.25, 0.3) is 0 Å². The van der Waals surface area contributed by atoms with Crippen LogP contribution in [0.5, 0.6) is 0 Å². The van der Waals surface area contributed by atoms with Crippen molar-refractivity contribution >= 4 is 5.69 Å². The van der Waals surface area contributed by atoms with Gasteiger partial charge in [-0.3, -0.25) is 4.90 Å². The Hall–Kier alpha value is -1.06. The summed E-state index contributed by atoms with van der Waals surface area (Å²) in [5, 5.41) is 0. The average Bonchev–Trinajstić information content (AvgIpc) is 3.12.